The first-order valence-electron chi connectivity index (χ1n) is 5.66. The lowest BCUT2D eigenvalue weighted by atomic mass is 10.2. The summed E-state index contributed by atoms with van der Waals surface area (Å²) in [5, 5.41) is 1.06. The standard InChI is InChI=1S/C14H13Cl2NOS/c1-9-5-6-10(17)7-14(9)19(18)8-11-12(15)3-2-4-13(11)16/h2-7H,8,17H2,1H3. The average molecular weight is 314 g/mol. The van der Waals surface area contributed by atoms with E-state index in [4.69, 9.17) is 28.9 Å². The molecule has 0 saturated heterocycles. The molecular weight excluding hydrogens is 301 g/mol. The first-order valence-corrected chi connectivity index (χ1v) is 7.74. The Morgan fingerprint density at radius 3 is 2.42 bits per heavy atom. The van der Waals surface area contributed by atoms with E-state index in [1.165, 1.54) is 0 Å². The van der Waals surface area contributed by atoms with Crippen molar-refractivity contribution in [1.82, 2.24) is 0 Å². The first-order chi connectivity index (χ1) is 8.99. The van der Waals surface area contributed by atoms with Crippen molar-refractivity contribution in [3.8, 4) is 0 Å². The number of benzene rings is 2. The van der Waals surface area contributed by atoms with Gasteiger partial charge in [-0.15, -0.1) is 0 Å². The van der Waals surface area contributed by atoms with Crippen LogP contribution < -0.4 is 5.73 Å². The minimum absolute atomic E-state index is 0.281. The molecule has 0 aliphatic carbocycles. The van der Waals surface area contributed by atoms with Crippen molar-refractivity contribution >= 4 is 39.7 Å². The topological polar surface area (TPSA) is 43.1 Å². The van der Waals surface area contributed by atoms with E-state index >= 15 is 0 Å². The van der Waals surface area contributed by atoms with Crippen molar-refractivity contribution in [2.75, 3.05) is 5.73 Å². The lowest BCUT2D eigenvalue weighted by Gasteiger charge is -2.09. The molecule has 0 bridgehead atoms. The highest BCUT2D eigenvalue weighted by Crippen LogP contribution is 2.28. The molecule has 0 heterocycles. The van der Waals surface area contributed by atoms with Crippen molar-refractivity contribution in [3.63, 3.8) is 0 Å². The number of hydrogen-bond donors (Lipinski definition) is 1. The molecule has 2 N–H and O–H groups in total. The number of nitrogen functional groups attached to an aromatic ring is 1. The van der Waals surface area contributed by atoms with E-state index in [9.17, 15) is 4.21 Å². The summed E-state index contributed by atoms with van der Waals surface area (Å²) in [6.07, 6.45) is 0. The van der Waals surface area contributed by atoms with Crippen LogP contribution in [0.4, 0.5) is 5.69 Å². The summed E-state index contributed by atoms with van der Waals surface area (Å²) in [6.45, 7) is 1.90. The molecule has 19 heavy (non-hydrogen) atoms. The smallest absolute Gasteiger partial charge is 0.0578 e. The Hall–Kier alpha value is -1.03. The largest absolute Gasteiger partial charge is 0.399 e. The van der Waals surface area contributed by atoms with Crippen molar-refractivity contribution in [3.05, 3.63) is 57.6 Å². The lowest BCUT2D eigenvalue weighted by molar-refractivity contribution is 0.682. The van der Waals surface area contributed by atoms with Gasteiger partial charge in [0.15, 0.2) is 0 Å². The van der Waals surface area contributed by atoms with Crippen LogP contribution in [-0.2, 0) is 16.6 Å². The molecule has 0 aromatic heterocycles. The summed E-state index contributed by atoms with van der Waals surface area (Å²) >= 11 is 12.2. The van der Waals surface area contributed by atoms with E-state index < -0.39 is 10.8 Å². The quantitative estimate of drug-likeness (QED) is 0.863. The van der Waals surface area contributed by atoms with Gasteiger partial charge in [0.05, 0.1) is 16.6 Å². The van der Waals surface area contributed by atoms with Gasteiger partial charge in [0, 0.05) is 26.2 Å². The van der Waals surface area contributed by atoms with Crippen LogP contribution in [0.25, 0.3) is 0 Å². The lowest BCUT2D eigenvalue weighted by Crippen LogP contribution is -2.01. The SMILES string of the molecule is Cc1ccc(N)cc1S(=O)Cc1c(Cl)cccc1Cl. The van der Waals surface area contributed by atoms with Crippen molar-refractivity contribution in [1.29, 1.82) is 0 Å². The summed E-state index contributed by atoms with van der Waals surface area (Å²) in [4.78, 5) is 0.719. The minimum Gasteiger partial charge on any atom is -0.399 e. The summed E-state index contributed by atoms with van der Waals surface area (Å²) < 4.78 is 12.4. The number of nitrogens with two attached hydrogens (primary N) is 1. The third-order valence-corrected chi connectivity index (χ3v) is 4.98. The van der Waals surface area contributed by atoms with Crippen LogP contribution in [0.3, 0.4) is 0 Å². The fourth-order valence-electron chi connectivity index (χ4n) is 1.74. The van der Waals surface area contributed by atoms with Crippen LogP contribution in [-0.4, -0.2) is 4.21 Å². The molecule has 0 saturated carbocycles. The molecule has 2 rings (SSSR count). The predicted octanol–water partition coefficient (Wildman–Crippen LogP) is 4.19. The van der Waals surface area contributed by atoms with Gasteiger partial charge in [-0.25, -0.2) is 0 Å². The van der Waals surface area contributed by atoms with Crippen LogP contribution in [0, 0.1) is 6.92 Å². The maximum atomic E-state index is 12.4. The van der Waals surface area contributed by atoms with Gasteiger partial charge >= 0.3 is 0 Å². The van der Waals surface area contributed by atoms with E-state index in [0.717, 1.165) is 10.5 Å². The van der Waals surface area contributed by atoms with Gasteiger partial charge in [0.25, 0.3) is 0 Å². The zero-order valence-electron chi connectivity index (χ0n) is 10.3. The zero-order valence-corrected chi connectivity index (χ0v) is 12.6. The second-order valence-electron chi connectivity index (χ2n) is 4.22. The third kappa shape index (κ3) is 3.30. The molecule has 2 aromatic rings. The Morgan fingerprint density at radius 1 is 1.16 bits per heavy atom. The highest BCUT2D eigenvalue weighted by molar-refractivity contribution is 7.84. The first kappa shape index (κ1) is 14.4. The fourth-order valence-corrected chi connectivity index (χ4v) is 3.85. The van der Waals surface area contributed by atoms with Crippen LogP contribution in [0.15, 0.2) is 41.3 Å². The minimum atomic E-state index is -1.23. The molecule has 0 radical (unpaired) electrons. The molecule has 2 aromatic carbocycles. The Morgan fingerprint density at radius 2 is 1.79 bits per heavy atom. The molecule has 2 nitrogen and oxygen atoms in total. The molecule has 1 atom stereocenters. The maximum Gasteiger partial charge on any atom is 0.0578 e. The molecule has 0 fully saturated rings. The Labute approximate surface area is 125 Å². The molecule has 0 aliphatic heterocycles. The number of anilines is 1. The Balaban J connectivity index is 2.34. The number of halogens is 2. The molecule has 0 spiro atoms. The number of aryl methyl sites for hydroxylation is 1. The van der Waals surface area contributed by atoms with Gasteiger partial charge < -0.3 is 5.73 Å². The number of hydrogen-bond acceptors (Lipinski definition) is 2. The van der Waals surface area contributed by atoms with Crippen molar-refractivity contribution < 1.29 is 4.21 Å². The van der Waals surface area contributed by atoms with Crippen LogP contribution in [0.1, 0.15) is 11.1 Å². The van der Waals surface area contributed by atoms with Gasteiger partial charge in [-0.3, -0.25) is 4.21 Å². The molecule has 5 heteroatoms. The second-order valence-corrected chi connectivity index (χ2v) is 6.45. The molecule has 100 valence electrons. The predicted molar refractivity (Wildman–Crippen MR) is 82.2 cm³/mol. The Kier molecular flexibility index (Phi) is 4.50. The van der Waals surface area contributed by atoms with Gasteiger partial charge in [0.1, 0.15) is 0 Å². The van der Waals surface area contributed by atoms with E-state index in [2.05, 4.69) is 0 Å². The summed E-state index contributed by atoms with van der Waals surface area (Å²) in [7, 11) is -1.23. The van der Waals surface area contributed by atoms with Gasteiger partial charge in [0.2, 0.25) is 0 Å². The highest BCUT2D eigenvalue weighted by atomic mass is 35.5. The van der Waals surface area contributed by atoms with Crippen LogP contribution in [0.5, 0.6) is 0 Å². The molecule has 0 aliphatic rings. The van der Waals surface area contributed by atoms with E-state index in [1.807, 2.05) is 13.0 Å². The molecule has 0 amide bonds. The van der Waals surface area contributed by atoms with Crippen molar-refractivity contribution in [2.24, 2.45) is 0 Å². The second kappa shape index (κ2) is 5.95. The van der Waals surface area contributed by atoms with Gasteiger partial charge in [-0.2, -0.15) is 0 Å². The van der Waals surface area contributed by atoms with E-state index in [0.29, 0.717) is 21.3 Å². The highest BCUT2D eigenvalue weighted by Gasteiger charge is 2.13. The number of rotatable bonds is 3. The van der Waals surface area contributed by atoms with Crippen LogP contribution >= 0.6 is 23.2 Å². The molecular formula is C14H13Cl2NOS. The summed E-state index contributed by atoms with van der Waals surface area (Å²) in [5.41, 5.74) is 7.97. The van der Waals surface area contributed by atoms with E-state index in [1.54, 1.807) is 30.3 Å². The van der Waals surface area contributed by atoms with Crippen molar-refractivity contribution in [2.45, 2.75) is 17.6 Å². The molecule has 1 unspecified atom stereocenters. The summed E-state index contributed by atoms with van der Waals surface area (Å²) in [5.74, 6) is 0.281. The Bertz CT molecular complexity index is 623. The third-order valence-electron chi connectivity index (χ3n) is 2.79. The normalized spacial score (nSPS) is 12.4. The average Bonchev–Trinajstić information content (AvgIpc) is 2.37. The zero-order chi connectivity index (χ0) is 14.0. The maximum absolute atomic E-state index is 12.4. The monoisotopic (exact) mass is 313 g/mol. The van der Waals surface area contributed by atoms with Gasteiger partial charge in [-0.1, -0.05) is 35.3 Å². The van der Waals surface area contributed by atoms with E-state index in [-0.39, 0.29) is 5.75 Å². The summed E-state index contributed by atoms with van der Waals surface area (Å²) in [6, 6.07) is 10.6. The van der Waals surface area contributed by atoms with Gasteiger partial charge in [-0.05, 0) is 36.8 Å². The fraction of sp³-hybridized carbons (Fsp3) is 0.143. The van der Waals surface area contributed by atoms with Crippen LogP contribution in [0.2, 0.25) is 10.0 Å².